The summed E-state index contributed by atoms with van der Waals surface area (Å²) < 4.78 is 5.30. The maximum absolute atomic E-state index is 12.5. The van der Waals surface area contributed by atoms with Crippen LogP contribution < -0.4 is 10.1 Å². The molecule has 5 heteroatoms. The first-order valence-electron chi connectivity index (χ1n) is 8.02. The Labute approximate surface area is 147 Å². The monoisotopic (exact) mass is 341 g/mol. The van der Waals surface area contributed by atoms with E-state index in [1.165, 1.54) is 0 Å². The lowest BCUT2D eigenvalue weighted by Crippen LogP contribution is -2.44. The van der Waals surface area contributed by atoms with Crippen molar-refractivity contribution < 1.29 is 19.4 Å². The highest BCUT2D eigenvalue weighted by molar-refractivity contribution is 5.95. The van der Waals surface area contributed by atoms with Crippen LogP contribution in [0.2, 0.25) is 0 Å². The Morgan fingerprint density at radius 2 is 1.68 bits per heavy atom. The zero-order valence-electron chi connectivity index (χ0n) is 14.9. The molecule has 1 unspecified atom stereocenters. The van der Waals surface area contributed by atoms with E-state index >= 15 is 0 Å². The fourth-order valence-electron chi connectivity index (χ4n) is 2.87. The number of carboxylic acids is 1. The molecule has 0 aliphatic heterocycles. The van der Waals surface area contributed by atoms with Crippen LogP contribution in [-0.2, 0) is 10.2 Å². The van der Waals surface area contributed by atoms with Crippen LogP contribution in [0, 0.1) is 13.8 Å². The van der Waals surface area contributed by atoms with E-state index in [1.54, 1.807) is 50.4 Å². The molecule has 0 heterocycles. The first kappa shape index (κ1) is 18.5. The summed E-state index contributed by atoms with van der Waals surface area (Å²) in [7, 11) is 1.59. The van der Waals surface area contributed by atoms with Gasteiger partial charge in [-0.05, 0) is 49.6 Å². The van der Waals surface area contributed by atoms with Crippen LogP contribution in [0.15, 0.2) is 42.5 Å². The quantitative estimate of drug-likeness (QED) is 0.847. The second-order valence-corrected chi connectivity index (χ2v) is 6.33. The molecule has 2 aromatic rings. The predicted molar refractivity (Wildman–Crippen MR) is 96.2 cm³/mol. The van der Waals surface area contributed by atoms with E-state index in [9.17, 15) is 14.7 Å². The molecule has 2 aromatic carbocycles. The molecule has 0 saturated heterocycles. The number of nitrogens with one attached hydrogen (secondary N) is 1. The van der Waals surface area contributed by atoms with Crippen LogP contribution in [0.4, 0.5) is 0 Å². The average molecular weight is 341 g/mol. The Morgan fingerprint density at radius 1 is 1.12 bits per heavy atom. The highest BCUT2D eigenvalue weighted by Gasteiger charge is 2.35. The summed E-state index contributed by atoms with van der Waals surface area (Å²) in [6.45, 7) is 5.34. The molecule has 132 valence electrons. The largest absolute Gasteiger partial charge is 0.496 e. The van der Waals surface area contributed by atoms with E-state index in [0.29, 0.717) is 11.1 Å². The number of carbonyl (C=O) groups excluding carboxylic acids is 1. The number of ether oxygens (including phenoxy) is 1. The molecule has 0 spiro atoms. The molecule has 5 nitrogen and oxygen atoms in total. The topological polar surface area (TPSA) is 75.6 Å². The molecule has 0 aliphatic rings. The summed E-state index contributed by atoms with van der Waals surface area (Å²) in [6.07, 6.45) is 0. The highest BCUT2D eigenvalue weighted by atomic mass is 16.5. The van der Waals surface area contributed by atoms with Crippen molar-refractivity contribution in [3.05, 3.63) is 64.7 Å². The number of hydrogen-bond donors (Lipinski definition) is 2. The van der Waals surface area contributed by atoms with Crippen LogP contribution in [0.25, 0.3) is 0 Å². The van der Waals surface area contributed by atoms with Crippen molar-refractivity contribution in [2.45, 2.75) is 26.2 Å². The Bertz CT molecular complexity index is 763. The van der Waals surface area contributed by atoms with Crippen LogP contribution >= 0.6 is 0 Å². The van der Waals surface area contributed by atoms with E-state index in [0.717, 1.165) is 16.9 Å². The molecule has 0 radical (unpaired) electrons. The van der Waals surface area contributed by atoms with Crippen molar-refractivity contribution in [2.75, 3.05) is 13.7 Å². The molecular formula is C20H23NO4. The van der Waals surface area contributed by atoms with Gasteiger partial charge in [0.1, 0.15) is 11.2 Å². The highest BCUT2D eigenvalue weighted by Crippen LogP contribution is 2.25. The second kappa shape index (κ2) is 7.38. The third-order valence-corrected chi connectivity index (χ3v) is 4.41. The van der Waals surface area contributed by atoms with Gasteiger partial charge in [-0.15, -0.1) is 0 Å². The first-order chi connectivity index (χ1) is 11.8. The normalized spacial score (nSPS) is 13.0. The van der Waals surface area contributed by atoms with E-state index in [2.05, 4.69) is 5.32 Å². The van der Waals surface area contributed by atoms with Crippen LogP contribution in [0.5, 0.6) is 5.75 Å². The molecule has 0 fully saturated rings. The number of methoxy groups -OCH3 is 1. The van der Waals surface area contributed by atoms with Gasteiger partial charge in [-0.2, -0.15) is 0 Å². The fraction of sp³-hybridized carbons (Fsp3) is 0.300. The second-order valence-electron chi connectivity index (χ2n) is 6.33. The average Bonchev–Trinajstić information content (AvgIpc) is 2.59. The Hall–Kier alpha value is -2.82. The molecular weight excluding hydrogens is 318 g/mol. The molecule has 2 rings (SSSR count). The lowest BCUT2D eigenvalue weighted by molar-refractivity contribution is -0.142. The molecule has 25 heavy (non-hydrogen) atoms. The molecule has 0 aromatic heterocycles. The van der Waals surface area contributed by atoms with Gasteiger partial charge in [0.05, 0.1) is 7.11 Å². The number of amides is 1. The number of hydrogen-bond acceptors (Lipinski definition) is 3. The first-order valence-corrected chi connectivity index (χ1v) is 8.02. The van der Waals surface area contributed by atoms with E-state index in [-0.39, 0.29) is 12.5 Å². The molecule has 2 N–H and O–H groups in total. The van der Waals surface area contributed by atoms with Gasteiger partial charge in [0, 0.05) is 12.1 Å². The van der Waals surface area contributed by atoms with Gasteiger partial charge in [0.15, 0.2) is 0 Å². The van der Waals surface area contributed by atoms with Crippen LogP contribution in [-0.4, -0.2) is 30.6 Å². The van der Waals surface area contributed by atoms with Crippen LogP contribution in [0.1, 0.15) is 34.0 Å². The summed E-state index contributed by atoms with van der Waals surface area (Å²) in [4.78, 5) is 24.3. The minimum Gasteiger partial charge on any atom is -0.496 e. The van der Waals surface area contributed by atoms with Gasteiger partial charge in [-0.1, -0.05) is 30.3 Å². The van der Waals surface area contributed by atoms with Crippen molar-refractivity contribution in [3.63, 3.8) is 0 Å². The Balaban J connectivity index is 2.22. The number of aryl methyl sites for hydroxylation is 2. The van der Waals surface area contributed by atoms with Gasteiger partial charge in [0.2, 0.25) is 0 Å². The van der Waals surface area contributed by atoms with Crippen molar-refractivity contribution in [1.29, 1.82) is 0 Å². The van der Waals surface area contributed by atoms with Crippen LogP contribution in [0.3, 0.4) is 0 Å². The van der Waals surface area contributed by atoms with Crippen molar-refractivity contribution >= 4 is 11.9 Å². The number of aliphatic carboxylic acids is 1. The fourth-order valence-corrected chi connectivity index (χ4v) is 2.87. The Morgan fingerprint density at radius 3 is 2.16 bits per heavy atom. The van der Waals surface area contributed by atoms with Gasteiger partial charge in [-0.25, -0.2) is 0 Å². The zero-order valence-corrected chi connectivity index (χ0v) is 14.9. The SMILES string of the molecule is COc1c(C)cc(C(=O)NCC(C)(C(=O)O)c2ccccc2)cc1C. The summed E-state index contributed by atoms with van der Waals surface area (Å²) in [5, 5.41) is 12.4. The van der Waals surface area contributed by atoms with Gasteiger partial charge >= 0.3 is 5.97 Å². The maximum atomic E-state index is 12.5. The van der Waals surface area contributed by atoms with E-state index < -0.39 is 11.4 Å². The molecule has 0 aliphatic carbocycles. The molecule has 1 amide bonds. The van der Waals surface area contributed by atoms with Gasteiger partial charge in [-0.3, -0.25) is 9.59 Å². The molecule has 0 bridgehead atoms. The standard InChI is InChI=1S/C20H23NO4/c1-13-10-15(11-14(2)17(13)25-4)18(22)21-12-20(3,19(23)24)16-8-6-5-7-9-16/h5-11H,12H2,1-4H3,(H,21,22)(H,23,24). The molecule has 0 saturated carbocycles. The zero-order chi connectivity index (χ0) is 18.6. The van der Waals surface area contributed by atoms with Crippen molar-refractivity contribution in [1.82, 2.24) is 5.32 Å². The van der Waals surface area contributed by atoms with Crippen molar-refractivity contribution in [2.24, 2.45) is 0 Å². The van der Waals surface area contributed by atoms with Gasteiger partial charge in [0.25, 0.3) is 5.91 Å². The molecule has 1 atom stereocenters. The lowest BCUT2D eigenvalue weighted by Gasteiger charge is -2.25. The van der Waals surface area contributed by atoms with E-state index in [4.69, 9.17) is 4.74 Å². The number of rotatable bonds is 6. The summed E-state index contributed by atoms with van der Waals surface area (Å²) in [5.41, 5.74) is 1.64. The number of benzene rings is 2. The number of carbonyl (C=O) groups is 2. The summed E-state index contributed by atoms with van der Waals surface area (Å²) >= 11 is 0. The lowest BCUT2D eigenvalue weighted by atomic mass is 9.82. The van der Waals surface area contributed by atoms with Gasteiger partial charge < -0.3 is 15.2 Å². The minimum atomic E-state index is -1.20. The number of carboxylic acid groups (broad SMARTS) is 1. The maximum Gasteiger partial charge on any atom is 0.315 e. The third kappa shape index (κ3) is 3.82. The van der Waals surface area contributed by atoms with Crippen molar-refractivity contribution in [3.8, 4) is 5.75 Å². The summed E-state index contributed by atoms with van der Waals surface area (Å²) in [6, 6.07) is 12.4. The third-order valence-electron chi connectivity index (χ3n) is 4.41. The smallest absolute Gasteiger partial charge is 0.315 e. The Kier molecular flexibility index (Phi) is 5.47. The minimum absolute atomic E-state index is 0.00466. The predicted octanol–water partition coefficient (Wildman–Crippen LogP) is 3.08. The van der Waals surface area contributed by atoms with E-state index in [1.807, 2.05) is 19.9 Å². The summed E-state index contributed by atoms with van der Waals surface area (Å²) in [5.74, 6) is -0.547.